The van der Waals surface area contributed by atoms with Crippen LogP contribution >= 0.6 is 23.2 Å². The van der Waals surface area contributed by atoms with Crippen molar-refractivity contribution in [3.8, 4) is 0 Å². The molecule has 22 heavy (non-hydrogen) atoms. The van der Waals surface area contributed by atoms with Gasteiger partial charge in [0.1, 0.15) is 11.0 Å². The summed E-state index contributed by atoms with van der Waals surface area (Å²) in [5.74, 6) is 0.390. The van der Waals surface area contributed by atoms with Gasteiger partial charge in [-0.3, -0.25) is 4.99 Å². The summed E-state index contributed by atoms with van der Waals surface area (Å²) in [4.78, 5) is 4.14. The molecule has 1 aromatic heterocycles. The first-order valence-corrected chi connectivity index (χ1v) is 7.45. The summed E-state index contributed by atoms with van der Waals surface area (Å²) in [7, 11) is 3.53. The minimum Gasteiger partial charge on any atom is -0.352 e. The summed E-state index contributed by atoms with van der Waals surface area (Å²) in [6.45, 7) is 1.08. The van der Waals surface area contributed by atoms with Crippen LogP contribution in [0.5, 0.6) is 0 Å². The number of aliphatic imine (C=N–C) groups is 1. The Bertz CT molecular complexity index is 665. The standard InChI is InChI=1S/C15H17Cl2FN4/c1-19-15(20-8-10-3-5-11(18)6-4-10)21-9-12-7-13(16)14(17)22(12)2/h3-7H,8-9H2,1-2H3,(H2,19,20,21). The van der Waals surface area contributed by atoms with Crippen LogP contribution in [0.3, 0.4) is 0 Å². The van der Waals surface area contributed by atoms with Crippen molar-refractivity contribution < 1.29 is 4.39 Å². The molecule has 7 heteroatoms. The molecule has 0 radical (unpaired) electrons. The summed E-state index contributed by atoms with van der Waals surface area (Å²) in [5.41, 5.74) is 1.91. The van der Waals surface area contributed by atoms with Crippen LogP contribution in [0.15, 0.2) is 35.3 Å². The lowest BCUT2D eigenvalue weighted by Crippen LogP contribution is -2.36. The minimum absolute atomic E-state index is 0.247. The Balaban J connectivity index is 1.90. The van der Waals surface area contributed by atoms with Crippen molar-refractivity contribution >= 4 is 29.2 Å². The van der Waals surface area contributed by atoms with Crippen molar-refractivity contribution in [3.05, 3.63) is 57.6 Å². The number of nitrogens with zero attached hydrogens (tertiary/aromatic N) is 2. The Labute approximate surface area is 138 Å². The van der Waals surface area contributed by atoms with Crippen molar-refractivity contribution in [1.82, 2.24) is 15.2 Å². The second-order valence-electron chi connectivity index (χ2n) is 4.74. The Hall–Kier alpha value is -1.72. The van der Waals surface area contributed by atoms with Crippen LogP contribution < -0.4 is 10.6 Å². The lowest BCUT2D eigenvalue weighted by molar-refractivity contribution is 0.626. The molecule has 1 aromatic carbocycles. The number of nitrogens with one attached hydrogen (secondary N) is 2. The molecule has 2 rings (SSSR count). The number of aromatic nitrogens is 1. The average molecular weight is 343 g/mol. The zero-order valence-electron chi connectivity index (χ0n) is 12.3. The molecule has 0 unspecified atom stereocenters. The fraction of sp³-hybridized carbons (Fsp3) is 0.267. The first-order chi connectivity index (χ1) is 10.5. The molecule has 0 aliphatic carbocycles. The molecule has 2 aromatic rings. The predicted molar refractivity (Wildman–Crippen MR) is 88.9 cm³/mol. The first kappa shape index (κ1) is 16.6. The molecule has 118 valence electrons. The third kappa shape index (κ3) is 4.15. The molecule has 2 N–H and O–H groups in total. The van der Waals surface area contributed by atoms with Crippen molar-refractivity contribution in [3.63, 3.8) is 0 Å². The Morgan fingerprint density at radius 1 is 1.18 bits per heavy atom. The molecular weight excluding hydrogens is 326 g/mol. The van der Waals surface area contributed by atoms with Gasteiger partial charge in [0.25, 0.3) is 0 Å². The maximum absolute atomic E-state index is 12.9. The second-order valence-corrected chi connectivity index (χ2v) is 5.50. The Morgan fingerprint density at radius 3 is 2.36 bits per heavy atom. The van der Waals surface area contributed by atoms with E-state index in [2.05, 4.69) is 15.6 Å². The Morgan fingerprint density at radius 2 is 1.82 bits per heavy atom. The van der Waals surface area contributed by atoms with Gasteiger partial charge in [0, 0.05) is 26.3 Å². The maximum Gasteiger partial charge on any atom is 0.191 e. The van der Waals surface area contributed by atoms with E-state index in [0.717, 1.165) is 11.3 Å². The quantitative estimate of drug-likeness (QED) is 0.660. The van der Waals surface area contributed by atoms with Gasteiger partial charge in [-0.25, -0.2) is 4.39 Å². The second kappa shape index (κ2) is 7.51. The highest BCUT2D eigenvalue weighted by Gasteiger charge is 2.09. The molecule has 0 atom stereocenters. The molecule has 0 aliphatic rings. The number of guanidine groups is 1. The van der Waals surface area contributed by atoms with Crippen LogP contribution in [0.2, 0.25) is 10.2 Å². The van der Waals surface area contributed by atoms with Gasteiger partial charge in [0.05, 0.1) is 11.6 Å². The Kier molecular flexibility index (Phi) is 5.69. The largest absolute Gasteiger partial charge is 0.352 e. The number of benzene rings is 1. The zero-order chi connectivity index (χ0) is 16.1. The summed E-state index contributed by atoms with van der Waals surface area (Å²) in [6.07, 6.45) is 0. The lowest BCUT2D eigenvalue weighted by Gasteiger charge is -2.12. The van der Waals surface area contributed by atoms with Gasteiger partial charge < -0.3 is 15.2 Å². The monoisotopic (exact) mass is 342 g/mol. The smallest absolute Gasteiger partial charge is 0.191 e. The highest BCUT2D eigenvalue weighted by Crippen LogP contribution is 2.24. The third-order valence-corrected chi connectivity index (χ3v) is 4.09. The third-order valence-electron chi connectivity index (χ3n) is 3.25. The highest BCUT2D eigenvalue weighted by atomic mass is 35.5. The maximum atomic E-state index is 12.9. The molecule has 0 bridgehead atoms. The van der Waals surface area contributed by atoms with Crippen molar-refractivity contribution in [1.29, 1.82) is 0 Å². The fourth-order valence-electron chi connectivity index (χ4n) is 1.94. The summed E-state index contributed by atoms with van der Waals surface area (Å²) in [6, 6.07) is 8.13. The van der Waals surface area contributed by atoms with E-state index >= 15 is 0 Å². The van der Waals surface area contributed by atoms with E-state index in [1.54, 1.807) is 19.2 Å². The molecule has 0 amide bonds. The van der Waals surface area contributed by atoms with E-state index in [1.165, 1.54) is 12.1 Å². The minimum atomic E-state index is -0.247. The summed E-state index contributed by atoms with van der Waals surface area (Å²) in [5, 5.41) is 7.36. The van der Waals surface area contributed by atoms with Crippen molar-refractivity contribution in [2.75, 3.05) is 7.05 Å². The van der Waals surface area contributed by atoms with Gasteiger partial charge in [0.2, 0.25) is 0 Å². The SMILES string of the molecule is CN=C(NCc1ccc(F)cc1)NCc1cc(Cl)c(Cl)n1C. The number of hydrogen-bond donors (Lipinski definition) is 2. The molecule has 4 nitrogen and oxygen atoms in total. The topological polar surface area (TPSA) is 41.4 Å². The molecule has 0 fully saturated rings. The van der Waals surface area contributed by atoms with Crippen LogP contribution in [0.25, 0.3) is 0 Å². The van der Waals surface area contributed by atoms with E-state index in [9.17, 15) is 4.39 Å². The normalized spacial score (nSPS) is 11.6. The van der Waals surface area contributed by atoms with Crippen LogP contribution in [0.1, 0.15) is 11.3 Å². The predicted octanol–water partition coefficient (Wildman–Crippen LogP) is 3.34. The molecular formula is C15H17Cl2FN4. The van der Waals surface area contributed by atoms with E-state index < -0.39 is 0 Å². The zero-order valence-corrected chi connectivity index (χ0v) is 13.8. The number of halogens is 3. The van der Waals surface area contributed by atoms with E-state index in [-0.39, 0.29) is 5.82 Å². The van der Waals surface area contributed by atoms with Crippen LogP contribution in [-0.2, 0) is 20.1 Å². The molecule has 0 spiro atoms. The molecule has 0 saturated carbocycles. The lowest BCUT2D eigenvalue weighted by atomic mass is 10.2. The van der Waals surface area contributed by atoms with Crippen molar-refractivity contribution in [2.45, 2.75) is 13.1 Å². The van der Waals surface area contributed by atoms with Gasteiger partial charge in [0.15, 0.2) is 5.96 Å². The molecule has 0 aliphatic heterocycles. The van der Waals surface area contributed by atoms with Crippen LogP contribution in [0.4, 0.5) is 4.39 Å². The van der Waals surface area contributed by atoms with Crippen LogP contribution in [0, 0.1) is 5.82 Å². The van der Waals surface area contributed by atoms with E-state index in [0.29, 0.717) is 29.2 Å². The summed E-state index contributed by atoms with van der Waals surface area (Å²) >= 11 is 12.0. The van der Waals surface area contributed by atoms with Gasteiger partial charge >= 0.3 is 0 Å². The first-order valence-electron chi connectivity index (χ1n) is 6.70. The fourth-order valence-corrected chi connectivity index (χ4v) is 2.36. The van der Waals surface area contributed by atoms with Gasteiger partial charge in [-0.15, -0.1) is 0 Å². The number of hydrogen-bond acceptors (Lipinski definition) is 1. The van der Waals surface area contributed by atoms with E-state index in [1.807, 2.05) is 17.7 Å². The van der Waals surface area contributed by atoms with Gasteiger partial charge in [-0.2, -0.15) is 0 Å². The van der Waals surface area contributed by atoms with Crippen LogP contribution in [-0.4, -0.2) is 17.6 Å². The molecule has 1 heterocycles. The van der Waals surface area contributed by atoms with Crippen molar-refractivity contribution in [2.24, 2.45) is 12.0 Å². The number of rotatable bonds is 4. The summed E-state index contributed by atoms with van der Waals surface area (Å²) < 4.78 is 14.7. The van der Waals surface area contributed by atoms with E-state index in [4.69, 9.17) is 23.2 Å². The van der Waals surface area contributed by atoms with Gasteiger partial charge in [-0.1, -0.05) is 35.3 Å². The average Bonchev–Trinajstić information content (AvgIpc) is 2.76. The van der Waals surface area contributed by atoms with Gasteiger partial charge in [-0.05, 0) is 23.8 Å². The molecule has 0 saturated heterocycles. The highest BCUT2D eigenvalue weighted by molar-refractivity contribution is 6.41.